The summed E-state index contributed by atoms with van der Waals surface area (Å²) >= 11 is 0. The Morgan fingerprint density at radius 3 is 2.32 bits per heavy atom. The summed E-state index contributed by atoms with van der Waals surface area (Å²) in [6.45, 7) is 1.10. The highest BCUT2D eigenvalue weighted by Gasteiger charge is 2.02. The summed E-state index contributed by atoms with van der Waals surface area (Å²) in [5.74, 6) is 0.0854. The van der Waals surface area contributed by atoms with Crippen LogP contribution in [0.25, 0.3) is 21.6 Å². The van der Waals surface area contributed by atoms with Crippen molar-refractivity contribution in [3.8, 4) is 11.1 Å². The van der Waals surface area contributed by atoms with Gasteiger partial charge in [0, 0.05) is 24.4 Å². The maximum absolute atomic E-state index is 11.9. The molecule has 1 N–H and O–H groups in total. The van der Waals surface area contributed by atoms with Gasteiger partial charge in [-0.1, -0.05) is 72.6 Å². The summed E-state index contributed by atoms with van der Waals surface area (Å²) in [6, 6.07) is 18.5. The molecule has 2 aromatic carbocycles. The Bertz CT molecular complexity index is 691. The average Bonchev–Trinajstić information content (AvgIpc) is 2.67. The number of carbonyl (C=O) groups is 1. The van der Waals surface area contributed by atoms with Gasteiger partial charge >= 0.3 is 0 Å². The van der Waals surface area contributed by atoms with Crippen LogP contribution >= 0.6 is 0 Å². The molecule has 0 aromatic heterocycles. The van der Waals surface area contributed by atoms with Crippen LogP contribution in [0.3, 0.4) is 0 Å². The molecule has 0 saturated heterocycles. The minimum atomic E-state index is 0.0854. The lowest BCUT2D eigenvalue weighted by Gasteiger charge is -2.07. The first kappa shape index (κ1) is 18.6. The van der Waals surface area contributed by atoms with Gasteiger partial charge < -0.3 is 5.32 Å². The van der Waals surface area contributed by atoms with Crippen LogP contribution in [0.2, 0.25) is 0 Å². The molecule has 5 nitrogen and oxygen atoms in total. The Kier molecular flexibility index (Phi) is 8.09. The van der Waals surface area contributed by atoms with Gasteiger partial charge in [-0.15, -0.1) is 0 Å². The number of unbranched alkanes of at least 4 members (excludes halogenated alkanes) is 3. The van der Waals surface area contributed by atoms with Crippen LogP contribution in [-0.2, 0) is 11.3 Å². The molecule has 0 unspecified atom stereocenters. The predicted octanol–water partition coefficient (Wildman–Crippen LogP) is 5.23. The Morgan fingerprint density at radius 2 is 1.60 bits per heavy atom. The highest BCUT2D eigenvalue weighted by Crippen LogP contribution is 2.19. The van der Waals surface area contributed by atoms with Crippen LogP contribution in [-0.4, -0.2) is 12.5 Å². The van der Waals surface area contributed by atoms with E-state index in [4.69, 9.17) is 5.53 Å². The van der Waals surface area contributed by atoms with Gasteiger partial charge in [-0.05, 0) is 35.1 Å². The van der Waals surface area contributed by atoms with E-state index in [1.54, 1.807) is 0 Å². The van der Waals surface area contributed by atoms with Crippen molar-refractivity contribution in [2.75, 3.05) is 6.54 Å². The highest BCUT2D eigenvalue weighted by molar-refractivity contribution is 5.75. The molecule has 0 heterocycles. The molecule has 0 saturated carbocycles. The Hall–Kier alpha value is -2.78. The van der Waals surface area contributed by atoms with E-state index in [-0.39, 0.29) is 5.91 Å². The van der Waals surface area contributed by atoms with Gasteiger partial charge in [0.2, 0.25) is 5.91 Å². The van der Waals surface area contributed by atoms with Crippen molar-refractivity contribution in [1.29, 1.82) is 0 Å². The smallest absolute Gasteiger partial charge is 0.220 e. The molecule has 2 rings (SSSR count). The molecular weight excluding hydrogens is 312 g/mol. The second-order valence-electron chi connectivity index (χ2n) is 5.96. The van der Waals surface area contributed by atoms with Gasteiger partial charge in [0.1, 0.15) is 0 Å². The van der Waals surface area contributed by atoms with Crippen molar-refractivity contribution < 1.29 is 4.79 Å². The Labute approximate surface area is 148 Å². The molecule has 1 amide bonds. The highest BCUT2D eigenvalue weighted by atomic mass is 16.1. The van der Waals surface area contributed by atoms with Gasteiger partial charge in [0.15, 0.2) is 0 Å². The molecule has 130 valence electrons. The topological polar surface area (TPSA) is 77.9 Å². The third-order valence-corrected chi connectivity index (χ3v) is 4.03. The zero-order valence-corrected chi connectivity index (χ0v) is 14.4. The van der Waals surface area contributed by atoms with Gasteiger partial charge in [0.25, 0.3) is 0 Å². The molecule has 0 atom stereocenters. The molecule has 0 radical (unpaired) electrons. The fourth-order valence-corrected chi connectivity index (χ4v) is 2.60. The van der Waals surface area contributed by atoms with Gasteiger partial charge in [-0.3, -0.25) is 4.79 Å². The summed E-state index contributed by atoms with van der Waals surface area (Å²) in [5, 5.41) is 6.46. The van der Waals surface area contributed by atoms with E-state index in [0.717, 1.165) is 31.2 Å². The first-order chi connectivity index (χ1) is 12.3. The van der Waals surface area contributed by atoms with Crippen LogP contribution in [0.15, 0.2) is 59.7 Å². The third-order valence-electron chi connectivity index (χ3n) is 4.03. The molecule has 0 spiro atoms. The summed E-state index contributed by atoms with van der Waals surface area (Å²) < 4.78 is 0. The number of benzene rings is 2. The minimum Gasteiger partial charge on any atom is -0.352 e. The quantitative estimate of drug-likeness (QED) is 0.274. The normalized spacial score (nSPS) is 10.1. The van der Waals surface area contributed by atoms with Crippen molar-refractivity contribution >= 4 is 5.91 Å². The lowest BCUT2D eigenvalue weighted by atomic mass is 10.0. The fraction of sp³-hybridized carbons (Fsp3) is 0.350. The summed E-state index contributed by atoms with van der Waals surface area (Å²) in [4.78, 5) is 14.6. The van der Waals surface area contributed by atoms with E-state index in [2.05, 4.69) is 51.7 Å². The largest absolute Gasteiger partial charge is 0.352 e. The van der Waals surface area contributed by atoms with Crippen molar-refractivity contribution in [1.82, 2.24) is 5.32 Å². The monoisotopic (exact) mass is 336 g/mol. The lowest BCUT2D eigenvalue weighted by molar-refractivity contribution is -0.121. The summed E-state index contributed by atoms with van der Waals surface area (Å²) in [7, 11) is 0. The van der Waals surface area contributed by atoms with E-state index in [9.17, 15) is 4.79 Å². The Balaban J connectivity index is 1.65. The van der Waals surface area contributed by atoms with Crippen LogP contribution in [0, 0.1) is 0 Å². The van der Waals surface area contributed by atoms with E-state index in [1.807, 2.05) is 18.2 Å². The number of amides is 1. The standard InChI is InChI=1S/C20H24N4O/c21-24-23-15-7-2-1-6-10-20(25)22-16-17-11-13-19(14-12-17)18-8-4-3-5-9-18/h3-5,8-9,11-14H,1-2,6-7,10,15-16H2,(H,22,25). The first-order valence-corrected chi connectivity index (χ1v) is 8.71. The van der Waals surface area contributed by atoms with Crippen molar-refractivity contribution in [2.45, 2.75) is 38.6 Å². The zero-order chi connectivity index (χ0) is 17.7. The zero-order valence-electron chi connectivity index (χ0n) is 14.4. The molecule has 0 fully saturated rings. The molecule has 25 heavy (non-hydrogen) atoms. The van der Waals surface area contributed by atoms with Gasteiger partial charge in [-0.2, -0.15) is 0 Å². The summed E-state index contributed by atoms with van der Waals surface area (Å²) in [5.41, 5.74) is 11.6. The van der Waals surface area contributed by atoms with Crippen LogP contribution in [0.1, 0.15) is 37.7 Å². The number of nitrogens with zero attached hydrogens (tertiary/aromatic N) is 3. The molecule has 2 aromatic rings. The number of rotatable bonds is 10. The van der Waals surface area contributed by atoms with Crippen molar-refractivity contribution in [3.05, 3.63) is 70.6 Å². The number of hydrogen-bond donors (Lipinski definition) is 1. The molecular formula is C20H24N4O. The van der Waals surface area contributed by atoms with Crippen LogP contribution in [0.4, 0.5) is 0 Å². The summed E-state index contributed by atoms with van der Waals surface area (Å²) in [6.07, 6.45) is 4.28. The number of azide groups is 1. The third kappa shape index (κ3) is 7.10. The maximum atomic E-state index is 11.9. The van der Waals surface area contributed by atoms with Crippen molar-refractivity contribution in [2.24, 2.45) is 5.11 Å². The van der Waals surface area contributed by atoms with Gasteiger partial charge in [0.05, 0.1) is 0 Å². The average molecular weight is 336 g/mol. The van der Waals surface area contributed by atoms with E-state index < -0.39 is 0 Å². The fourth-order valence-electron chi connectivity index (χ4n) is 2.60. The molecule has 0 aliphatic heterocycles. The van der Waals surface area contributed by atoms with Crippen LogP contribution < -0.4 is 5.32 Å². The first-order valence-electron chi connectivity index (χ1n) is 8.71. The second-order valence-corrected chi connectivity index (χ2v) is 5.96. The number of hydrogen-bond acceptors (Lipinski definition) is 2. The van der Waals surface area contributed by atoms with E-state index in [1.165, 1.54) is 11.1 Å². The molecule has 0 aliphatic carbocycles. The van der Waals surface area contributed by atoms with Crippen LogP contribution in [0.5, 0.6) is 0 Å². The maximum Gasteiger partial charge on any atom is 0.220 e. The second kappa shape index (κ2) is 10.9. The molecule has 5 heteroatoms. The SMILES string of the molecule is [N-]=[N+]=NCCCCCCC(=O)NCc1ccc(-c2ccccc2)cc1. The molecule has 0 bridgehead atoms. The number of nitrogens with one attached hydrogen (secondary N) is 1. The van der Waals surface area contributed by atoms with E-state index >= 15 is 0 Å². The number of carbonyl (C=O) groups excluding carboxylic acids is 1. The van der Waals surface area contributed by atoms with E-state index in [0.29, 0.717) is 19.5 Å². The molecule has 0 aliphatic rings. The Morgan fingerprint density at radius 1 is 0.920 bits per heavy atom. The lowest BCUT2D eigenvalue weighted by Crippen LogP contribution is -2.22. The van der Waals surface area contributed by atoms with Crippen molar-refractivity contribution in [3.63, 3.8) is 0 Å². The van der Waals surface area contributed by atoms with Gasteiger partial charge in [-0.25, -0.2) is 0 Å². The predicted molar refractivity (Wildman–Crippen MR) is 101 cm³/mol. The minimum absolute atomic E-state index is 0.0854.